The third-order valence-corrected chi connectivity index (χ3v) is 6.08. The second-order valence-electron chi connectivity index (χ2n) is 6.51. The van der Waals surface area contributed by atoms with E-state index >= 15 is 0 Å². The molecule has 0 spiro atoms. The first-order chi connectivity index (χ1) is 13.1. The van der Waals surface area contributed by atoms with Gasteiger partial charge in [-0.2, -0.15) is 11.8 Å². The molecule has 0 radical (unpaired) electrons. The number of carbonyl (C=O) groups excluding carboxylic acids is 2. The Morgan fingerprint density at radius 1 is 1.00 bits per heavy atom. The summed E-state index contributed by atoms with van der Waals surface area (Å²) in [7, 11) is 0. The van der Waals surface area contributed by atoms with Crippen molar-refractivity contribution in [3.63, 3.8) is 0 Å². The third-order valence-electron chi connectivity index (χ3n) is 4.59. The van der Waals surface area contributed by atoms with Crippen LogP contribution in [0.4, 0.5) is 5.69 Å². The van der Waals surface area contributed by atoms with Crippen molar-refractivity contribution in [1.29, 1.82) is 0 Å². The molecule has 0 saturated carbocycles. The van der Waals surface area contributed by atoms with Gasteiger partial charge in [-0.15, -0.1) is 0 Å². The fourth-order valence-electron chi connectivity index (χ4n) is 3.13. The molecule has 2 aromatic carbocycles. The number of amides is 2. The van der Waals surface area contributed by atoms with E-state index in [1.54, 1.807) is 0 Å². The molecule has 2 amide bonds. The van der Waals surface area contributed by atoms with Crippen LogP contribution in [0.3, 0.4) is 0 Å². The Kier molecular flexibility index (Phi) is 7.35. The van der Waals surface area contributed by atoms with Gasteiger partial charge in [0.05, 0.1) is 5.75 Å². The van der Waals surface area contributed by atoms with Gasteiger partial charge >= 0.3 is 0 Å². The summed E-state index contributed by atoms with van der Waals surface area (Å²) in [5.41, 5.74) is 3.49. The van der Waals surface area contributed by atoms with Crippen LogP contribution in [0.1, 0.15) is 17.5 Å². The van der Waals surface area contributed by atoms with Crippen molar-refractivity contribution in [2.45, 2.75) is 19.3 Å². The van der Waals surface area contributed by atoms with Crippen LogP contribution in [-0.2, 0) is 22.4 Å². The second-order valence-corrected chi connectivity index (χ2v) is 8.53. The van der Waals surface area contributed by atoms with Crippen molar-refractivity contribution in [1.82, 2.24) is 4.90 Å². The molecule has 6 heteroatoms. The lowest BCUT2D eigenvalue weighted by Gasteiger charge is -2.20. The fraction of sp³-hybridized carbons (Fsp3) is 0.333. The van der Waals surface area contributed by atoms with E-state index in [4.69, 9.17) is 0 Å². The van der Waals surface area contributed by atoms with E-state index in [1.165, 1.54) is 22.9 Å². The average molecular weight is 447 g/mol. The van der Waals surface area contributed by atoms with Crippen molar-refractivity contribution >= 4 is 45.2 Å². The Balaban J connectivity index is 1.36. The maximum Gasteiger partial charge on any atom is 0.234 e. The van der Waals surface area contributed by atoms with Crippen molar-refractivity contribution in [3.8, 4) is 0 Å². The molecule has 0 saturated heterocycles. The number of anilines is 1. The lowest BCUT2D eigenvalue weighted by Crippen LogP contribution is -2.33. The highest BCUT2D eigenvalue weighted by Gasteiger charge is 2.18. The molecule has 1 N–H and O–H groups in total. The van der Waals surface area contributed by atoms with Gasteiger partial charge in [0.2, 0.25) is 11.8 Å². The van der Waals surface area contributed by atoms with Gasteiger partial charge in [0.25, 0.3) is 0 Å². The topological polar surface area (TPSA) is 49.4 Å². The zero-order chi connectivity index (χ0) is 19.1. The van der Waals surface area contributed by atoms with Crippen LogP contribution in [0.2, 0.25) is 0 Å². The largest absolute Gasteiger partial charge is 0.342 e. The lowest BCUT2D eigenvalue weighted by molar-refractivity contribution is -0.130. The van der Waals surface area contributed by atoms with Crippen LogP contribution in [0.5, 0.6) is 0 Å². The Morgan fingerprint density at radius 3 is 2.26 bits per heavy atom. The molecular weight excluding hydrogens is 424 g/mol. The van der Waals surface area contributed by atoms with Crippen LogP contribution < -0.4 is 5.32 Å². The van der Waals surface area contributed by atoms with E-state index in [1.807, 2.05) is 29.2 Å². The predicted molar refractivity (Wildman–Crippen MR) is 115 cm³/mol. The van der Waals surface area contributed by atoms with E-state index in [2.05, 4.69) is 45.5 Å². The second kappa shape index (κ2) is 9.95. The molecule has 0 aromatic heterocycles. The van der Waals surface area contributed by atoms with Gasteiger partial charge in [0.15, 0.2) is 0 Å². The molecule has 1 aliphatic heterocycles. The van der Waals surface area contributed by atoms with Gasteiger partial charge in [-0.05, 0) is 48.2 Å². The minimum Gasteiger partial charge on any atom is -0.342 e. The quantitative estimate of drug-likeness (QED) is 0.678. The highest BCUT2D eigenvalue weighted by molar-refractivity contribution is 9.10. The lowest BCUT2D eigenvalue weighted by atomic mass is 10.0. The number of benzene rings is 2. The summed E-state index contributed by atoms with van der Waals surface area (Å²) in [5.74, 6) is 1.16. The first-order valence-corrected chi connectivity index (χ1v) is 11.0. The van der Waals surface area contributed by atoms with Gasteiger partial charge < -0.3 is 10.2 Å². The monoisotopic (exact) mass is 446 g/mol. The molecule has 0 atom stereocenters. The van der Waals surface area contributed by atoms with E-state index in [9.17, 15) is 9.59 Å². The van der Waals surface area contributed by atoms with E-state index < -0.39 is 0 Å². The van der Waals surface area contributed by atoms with Crippen LogP contribution in [0.25, 0.3) is 0 Å². The normalized spacial score (nSPS) is 13.6. The number of thioether (sulfide) groups is 1. The van der Waals surface area contributed by atoms with Crippen LogP contribution >= 0.6 is 27.7 Å². The molecule has 0 unspecified atom stereocenters. The predicted octanol–water partition coefficient (Wildman–Crippen LogP) is 4.14. The van der Waals surface area contributed by atoms with E-state index in [0.717, 1.165) is 36.1 Å². The molecule has 4 nitrogen and oxygen atoms in total. The summed E-state index contributed by atoms with van der Waals surface area (Å²) < 4.78 is 0.977. The molecular formula is C21H23BrN2O2S. The summed E-state index contributed by atoms with van der Waals surface area (Å²) in [5, 5.41) is 2.86. The minimum absolute atomic E-state index is 0.0417. The van der Waals surface area contributed by atoms with E-state index in [-0.39, 0.29) is 11.8 Å². The number of nitrogens with zero attached hydrogens (tertiary/aromatic N) is 1. The number of halogens is 1. The molecule has 2 aromatic rings. The number of rotatable bonds is 6. The molecule has 0 aliphatic carbocycles. The van der Waals surface area contributed by atoms with Gasteiger partial charge in [-0.25, -0.2) is 0 Å². The highest BCUT2D eigenvalue weighted by Crippen LogP contribution is 2.17. The summed E-state index contributed by atoms with van der Waals surface area (Å²) >= 11 is 4.87. The van der Waals surface area contributed by atoms with Gasteiger partial charge in [0, 0.05) is 35.4 Å². The summed E-state index contributed by atoms with van der Waals surface area (Å²) in [6, 6.07) is 15.9. The maximum atomic E-state index is 12.5. The molecule has 0 bridgehead atoms. The molecule has 1 aliphatic rings. The van der Waals surface area contributed by atoms with Crippen LogP contribution in [-0.4, -0.2) is 41.3 Å². The summed E-state index contributed by atoms with van der Waals surface area (Å²) in [6.07, 6.45) is 2.32. The van der Waals surface area contributed by atoms with Crippen LogP contribution in [0, 0.1) is 0 Å². The number of hydrogen-bond acceptors (Lipinski definition) is 3. The third kappa shape index (κ3) is 6.11. The van der Waals surface area contributed by atoms with Crippen LogP contribution in [0.15, 0.2) is 53.0 Å². The average Bonchev–Trinajstić information content (AvgIpc) is 2.90. The number of hydrogen-bond donors (Lipinski definition) is 1. The zero-order valence-electron chi connectivity index (χ0n) is 15.1. The standard InChI is InChI=1S/C21H23BrN2O2S/c22-18-5-7-19(8-6-18)23-20(25)15-27-14-11-21(26)24-12-9-16-3-1-2-4-17(16)10-13-24/h1-8H,9-15H2,(H,23,25). The number of carbonyl (C=O) groups is 2. The molecule has 27 heavy (non-hydrogen) atoms. The highest BCUT2D eigenvalue weighted by atomic mass is 79.9. The van der Waals surface area contributed by atoms with Crippen molar-refractivity contribution in [2.75, 3.05) is 29.9 Å². The Bertz CT molecular complexity index is 768. The van der Waals surface area contributed by atoms with Crippen molar-refractivity contribution in [3.05, 3.63) is 64.1 Å². The summed E-state index contributed by atoms with van der Waals surface area (Å²) in [6.45, 7) is 1.56. The summed E-state index contributed by atoms with van der Waals surface area (Å²) in [4.78, 5) is 26.4. The van der Waals surface area contributed by atoms with Gasteiger partial charge in [0.1, 0.15) is 0 Å². The first-order valence-electron chi connectivity index (χ1n) is 9.09. The molecule has 0 fully saturated rings. The molecule has 3 rings (SSSR count). The smallest absolute Gasteiger partial charge is 0.234 e. The van der Waals surface area contributed by atoms with E-state index in [0.29, 0.717) is 17.9 Å². The fourth-order valence-corrected chi connectivity index (χ4v) is 4.12. The Hall–Kier alpha value is -1.79. The molecule has 142 valence electrons. The van der Waals surface area contributed by atoms with Gasteiger partial charge in [-0.3, -0.25) is 9.59 Å². The number of nitrogens with one attached hydrogen (secondary N) is 1. The maximum absolute atomic E-state index is 12.5. The van der Waals surface area contributed by atoms with Gasteiger partial charge in [-0.1, -0.05) is 40.2 Å². The number of fused-ring (bicyclic) bond motifs is 1. The zero-order valence-corrected chi connectivity index (χ0v) is 17.5. The van der Waals surface area contributed by atoms with Crippen molar-refractivity contribution < 1.29 is 9.59 Å². The minimum atomic E-state index is -0.0417. The molecule has 1 heterocycles. The Labute approximate surface area is 172 Å². The first kappa shape index (κ1) is 20.0. The van der Waals surface area contributed by atoms with Crippen molar-refractivity contribution in [2.24, 2.45) is 0 Å². The SMILES string of the molecule is O=C(CSCCC(=O)N1CCc2ccccc2CC1)Nc1ccc(Br)cc1. The Morgan fingerprint density at radius 2 is 1.63 bits per heavy atom.